The van der Waals surface area contributed by atoms with E-state index < -0.39 is 0 Å². The van der Waals surface area contributed by atoms with Crippen LogP contribution in [0.3, 0.4) is 0 Å². The lowest BCUT2D eigenvalue weighted by Gasteiger charge is -2.07. The molecule has 0 saturated carbocycles. The summed E-state index contributed by atoms with van der Waals surface area (Å²) in [5, 5.41) is 23.9. The van der Waals surface area contributed by atoms with Gasteiger partial charge in [-0.15, -0.1) is 10.2 Å². The topological polar surface area (TPSA) is 96.0 Å². The fraction of sp³-hybridized carbons (Fsp3) is 0. The lowest BCUT2D eigenvalue weighted by atomic mass is 10.1. The highest BCUT2D eigenvalue weighted by molar-refractivity contribution is 6.04. The maximum atomic E-state index is 12.3. The third-order valence-corrected chi connectivity index (χ3v) is 3.85. The van der Waals surface area contributed by atoms with Gasteiger partial charge in [-0.25, -0.2) is 0 Å². The molecule has 2 heterocycles. The second-order valence-electron chi connectivity index (χ2n) is 5.58. The number of amides is 1. The van der Waals surface area contributed by atoms with Gasteiger partial charge in [-0.1, -0.05) is 18.2 Å². The Hall–Kier alpha value is -4.05. The van der Waals surface area contributed by atoms with Gasteiger partial charge in [0.25, 0.3) is 5.91 Å². The molecule has 2 aromatic heterocycles. The summed E-state index contributed by atoms with van der Waals surface area (Å²) in [4.78, 5) is 12.3. The maximum Gasteiger partial charge on any atom is 0.255 e. The molecule has 2 aromatic carbocycles. The Morgan fingerprint density at radius 2 is 1.92 bits per heavy atom. The summed E-state index contributed by atoms with van der Waals surface area (Å²) < 4.78 is 1.60. The highest BCUT2D eigenvalue weighted by Gasteiger charge is 2.08. The minimum absolute atomic E-state index is 0.265. The Balaban J connectivity index is 1.53. The summed E-state index contributed by atoms with van der Waals surface area (Å²) in [6, 6.07) is 19.7. The Morgan fingerprint density at radius 1 is 1.08 bits per heavy atom. The van der Waals surface area contributed by atoms with Crippen LogP contribution in [0.1, 0.15) is 15.9 Å². The fourth-order valence-corrected chi connectivity index (χ4v) is 2.54. The Labute approximate surface area is 148 Å². The number of fused-ring (bicyclic) bond motifs is 1. The number of aromatic nitrogens is 4. The van der Waals surface area contributed by atoms with Crippen molar-refractivity contribution < 1.29 is 4.79 Å². The van der Waals surface area contributed by atoms with Crippen molar-refractivity contribution in [1.29, 1.82) is 5.26 Å². The quantitative estimate of drug-likeness (QED) is 0.618. The van der Waals surface area contributed by atoms with Crippen molar-refractivity contribution in [3.05, 3.63) is 78.1 Å². The van der Waals surface area contributed by atoms with Crippen molar-refractivity contribution >= 4 is 17.2 Å². The molecule has 1 amide bonds. The predicted molar refractivity (Wildman–Crippen MR) is 95.3 cm³/mol. The first-order valence-corrected chi connectivity index (χ1v) is 7.82. The maximum absolute atomic E-state index is 12.3. The number of carbonyl (C=O) groups is 1. The van der Waals surface area contributed by atoms with Gasteiger partial charge in [0.1, 0.15) is 6.33 Å². The van der Waals surface area contributed by atoms with E-state index in [9.17, 15) is 4.79 Å². The highest BCUT2D eigenvalue weighted by atomic mass is 16.1. The summed E-state index contributed by atoms with van der Waals surface area (Å²) in [7, 11) is 0. The molecule has 0 spiro atoms. The zero-order valence-corrected chi connectivity index (χ0v) is 13.5. The molecule has 26 heavy (non-hydrogen) atoms. The van der Waals surface area contributed by atoms with Crippen LogP contribution in [-0.2, 0) is 0 Å². The molecule has 4 aromatic rings. The Bertz CT molecular complexity index is 1140. The van der Waals surface area contributed by atoms with Gasteiger partial charge >= 0.3 is 0 Å². The van der Waals surface area contributed by atoms with E-state index in [0.717, 1.165) is 11.3 Å². The van der Waals surface area contributed by atoms with Crippen LogP contribution in [0.4, 0.5) is 5.69 Å². The van der Waals surface area contributed by atoms with Crippen molar-refractivity contribution in [3.63, 3.8) is 0 Å². The van der Waals surface area contributed by atoms with E-state index in [0.29, 0.717) is 22.5 Å². The molecule has 7 nitrogen and oxygen atoms in total. The number of anilines is 1. The van der Waals surface area contributed by atoms with Crippen LogP contribution in [0.25, 0.3) is 16.9 Å². The average Bonchev–Trinajstić information content (AvgIpc) is 3.16. The van der Waals surface area contributed by atoms with Crippen molar-refractivity contribution in [1.82, 2.24) is 19.8 Å². The first-order chi connectivity index (χ1) is 12.7. The average molecular weight is 340 g/mol. The van der Waals surface area contributed by atoms with Gasteiger partial charge in [-0.05, 0) is 42.5 Å². The summed E-state index contributed by atoms with van der Waals surface area (Å²) in [5.41, 5.74) is 3.90. The van der Waals surface area contributed by atoms with E-state index in [1.807, 2.05) is 30.3 Å². The normalized spacial score (nSPS) is 10.4. The first-order valence-electron chi connectivity index (χ1n) is 7.82. The Morgan fingerprint density at radius 3 is 2.73 bits per heavy atom. The second kappa shape index (κ2) is 6.45. The molecule has 0 aliphatic rings. The second-order valence-corrected chi connectivity index (χ2v) is 5.58. The zero-order chi connectivity index (χ0) is 17.9. The number of carbonyl (C=O) groups excluding carboxylic acids is 1. The van der Waals surface area contributed by atoms with E-state index in [1.165, 1.54) is 0 Å². The minimum atomic E-state index is -0.265. The molecule has 124 valence electrons. The van der Waals surface area contributed by atoms with E-state index >= 15 is 0 Å². The molecular formula is C19H12N6O. The molecular weight excluding hydrogens is 328 g/mol. The van der Waals surface area contributed by atoms with Crippen LogP contribution in [0.15, 0.2) is 67.0 Å². The van der Waals surface area contributed by atoms with Gasteiger partial charge in [-0.3, -0.25) is 4.79 Å². The fourth-order valence-electron chi connectivity index (χ4n) is 2.54. The molecule has 0 atom stereocenters. The number of nitrogens with zero attached hydrogens (tertiary/aromatic N) is 5. The van der Waals surface area contributed by atoms with Gasteiger partial charge in [0.05, 0.1) is 17.3 Å². The number of hydrogen-bond donors (Lipinski definition) is 1. The minimum Gasteiger partial charge on any atom is -0.322 e. The zero-order valence-electron chi connectivity index (χ0n) is 13.5. The largest absolute Gasteiger partial charge is 0.322 e. The van der Waals surface area contributed by atoms with E-state index in [1.54, 1.807) is 47.2 Å². The van der Waals surface area contributed by atoms with Crippen LogP contribution in [0.2, 0.25) is 0 Å². The molecule has 0 radical (unpaired) electrons. The van der Waals surface area contributed by atoms with Crippen molar-refractivity contribution in [2.24, 2.45) is 0 Å². The van der Waals surface area contributed by atoms with Crippen molar-refractivity contribution in [2.45, 2.75) is 0 Å². The molecule has 0 bridgehead atoms. The molecule has 1 N–H and O–H groups in total. The molecule has 0 fully saturated rings. The molecule has 0 aliphatic carbocycles. The lowest BCUT2D eigenvalue weighted by molar-refractivity contribution is 0.102. The van der Waals surface area contributed by atoms with Gasteiger partial charge in [0.2, 0.25) is 0 Å². The van der Waals surface area contributed by atoms with Gasteiger partial charge in [0, 0.05) is 16.8 Å². The van der Waals surface area contributed by atoms with Gasteiger partial charge < -0.3 is 5.32 Å². The highest BCUT2D eigenvalue weighted by Crippen LogP contribution is 2.20. The number of nitrogens with one attached hydrogen (secondary N) is 1. The number of benzene rings is 2. The summed E-state index contributed by atoms with van der Waals surface area (Å²) in [6.45, 7) is 0. The lowest BCUT2D eigenvalue weighted by Crippen LogP contribution is -2.11. The van der Waals surface area contributed by atoms with E-state index in [-0.39, 0.29) is 5.91 Å². The van der Waals surface area contributed by atoms with Crippen molar-refractivity contribution in [2.75, 3.05) is 5.32 Å². The standard InChI is InChI=1S/C19H12N6O/c20-11-13-2-1-3-15(10-13)19(26)22-16-6-4-14(5-7-16)17-8-9-18-23-21-12-25(18)24-17/h1-10,12H,(H,22,26). The predicted octanol–water partition coefficient (Wildman–Crippen LogP) is 2.92. The van der Waals surface area contributed by atoms with Crippen LogP contribution in [0.5, 0.6) is 0 Å². The van der Waals surface area contributed by atoms with E-state index in [4.69, 9.17) is 5.26 Å². The first kappa shape index (κ1) is 15.5. The number of hydrogen-bond acceptors (Lipinski definition) is 5. The smallest absolute Gasteiger partial charge is 0.255 e. The van der Waals surface area contributed by atoms with Crippen LogP contribution < -0.4 is 5.32 Å². The van der Waals surface area contributed by atoms with Gasteiger partial charge in [0.15, 0.2) is 5.65 Å². The van der Waals surface area contributed by atoms with Crippen LogP contribution >= 0.6 is 0 Å². The van der Waals surface area contributed by atoms with Crippen molar-refractivity contribution in [3.8, 4) is 17.3 Å². The molecule has 0 unspecified atom stereocenters. The SMILES string of the molecule is N#Cc1cccc(C(=O)Nc2ccc(-c3ccc4nncn4n3)cc2)c1. The van der Waals surface area contributed by atoms with Gasteiger partial charge in [-0.2, -0.15) is 14.9 Å². The van der Waals surface area contributed by atoms with E-state index in [2.05, 4.69) is 20.6 Å². The summed E-state index contributed by atoms with van der Waals surface area (Å²) >= 11 is 0. The third-order valence-electron chi connectivity index (χ3n) is 3.85. The number of nitriles is 1. The van der Waals surface area contributed by atoms with Crippen LogP contribution in [0, 0.1) is 11.3 Å². The third kappa shape index (κ3) is 2.99. The summed E-state index contributed by atoms with van der Waals surface area (Å²) in [5.74, 6) is -0.265. The molecule has 0 saturated heterocycles. The monoisotopic (exact) mass is 340 g/mol. The van der Waals surface area contributed by atoms with Crippen LogP contribution in [-0.4, -0.2) is 25.7 Å². The molecule has 7 heteroatoms. The number of rotatable bonds is 3. The molecule has 4 rings (SSSR count). The summed E-state index contributed by atoms with van der Waals surface area (Å²) in [6.07, 6.45) is 1.54. The molecule has 0 aliphatic heterocycles. The Kier molecular flexibility index (Phi) is 3.84.